The van der Waals surface area contributed by atoms with Gasteiger partial charge >= 0.3 is 0 Å². The van der Waals surface area contributed by atoms with Gasteiger partial charge in [0, 0.05) is 44.3 Å². The van der Waals surface area contributed by atoms with E-state index in [0.29, 0.717) is 31.7 Å². The first-order chi connectivity index (χ1) is 11.5. The van der Waals surface area contributed by atoms with Gasteiger partial charge in [-0.25, -0.2) is 8.42 Å². The molecule has 1 amide bonds. The molecule has 2 fully saturated rings. The Morgan fingerprint density at radius 2 is 1.96 bits per heavy atom. The van der Waals surface area contributed by atoms with Crippen LogP contribution in [0.15, 0.2) is 24.3 Å². The van der Waals surface area contributed by atoms with E-state index in [1.807, 2.05) is 29.2 Å². The summed E-state index contributed by atoms with van der Waals surface area (Å²) < 4.78 is 23.0. The number of hydrogen-bond donors (Lipinski definition) is 1. The number of rotatable bonds is 4. The van der Waals surface area contributed by atoms with Gasteiger partial charge in [-0.15, -0.1) is 0 Å². The molecule has 2 aliphatic rings. The van der Waals surface area contributed by atoms with Crippen LogP contribution in [0.3, 0.4) is 0 Å². The summed E-state index contributed by atoms with van der Waals surface area (Å²) in [5.74, 6) is 0.487. The lowest BCUT2D eigenvalue weighted by Gasteiger charge is -2.27. The highest BCUT2D eigenvalue weighted by atomic mass is 32.2. The van der Waals surface area contributed by atoms with Crippen molar-refractivity contribution in [3.63, 3.8) is 0 Å². The lowest BCUT2D eigenvalue weighted by atomic mass is 10.1. The molecule has 1 unspecified atom stereocenters. The van der Waals surface area contributed by atoms with Gasteiger partial charge in [-0.3, -0.25) is 9.69 Å². The molecule has 7 heteroatoms. The van der Waals surface area contributed by atoms with Gasteiger partial charge in [0.15, 0.2) is 9.84 Å². The Labute approximate surface area is 143 Å². The molecule has 0 radical (unpaired) electrons. The first-order valence-electron chi connectivity index (χ1n) is 8.51. The largest absolute Gasteiger partial charge is 0.334 e. The van der Waals surface area contributed by atoms with Crippen molar-refractivity contribution >= 4 is 15.7 Å². The molecule has 1 aromatic carbocycles. The van der Waals surface area contributed by atoms with Gasteiger partial charge in [-0.05, 0) is 30.5 Å². The van der Waals surface area contributed by atoms with Gasteiger partial charge in [0.2, 0.25) is 0 Å². The maximum atomic E-state index is 12.7. The monoisotopic (exact) mass is 351 g/mol. The number of amides is 1. The molecule has 0 bridgehead atoms. The molecule has 0 aliphatic carbocycles. The normalized spacial score (nSPS) is 24.2. The van der Waals surface area contributed by atoms with Crippen molar-refractivity contribution in [2.75, 3.05) is 37.7 Å². The van der Waals surface area contributed by atoms with E-state index in [0.717, 1.165) is 24.9 Å². The summed E-state index contributed by atoms with van der Waals surface area (Å²) >= 11 is 0. The lowest BCUT2D eigenvalue weighted by Crippen LogP contribution is -2.40. The number of nitrogens with zero attached hydrogens (tertiary/aromatic N) is 2. The second-order valence-corrected chi connectivity index (χ2v) is 8.96. The third-order valence-electron chi connectivity index (χ3n) is 4.93. The minimum absolute atomic E-state index is 0.0472. The summed E-state index contributed by atoms with van der Waals surface area (Å²) in [5, 5.41) is 0. The van der Waals surface area contributed by atoms with Gasteiger partial charge < -0.3 is 10.6 Å². The molecule has 2 saturated heterocycles. The average molecular weight is 351 g/mol. The van der Waals surface area contributed by atoms with Gasteiger partial charge in [0.1, 0.15) is 0 Å². The van der Waals surface area contributed by atoms with Crippen molar-refractivity contribution in [2.24, 2.45) is 5.73 Å². The highest BCUT2D eigenvalue weighted by molar-refractivity contribution is 7.91. The smallest absolute Gasteiger partial charge is 0.254 e. The topological polar surface area (TPSA) is 83.7 Å². The number of hydrogen-bond acceptors (Lipinski definition) is 5. The molecule has 2 N–H and O–H groups in total. The Morgan fingerprint density at radius 1 is 1.21 bits per heavy atom. The van der Waals surface area contributed by atoms with Crippen LogP contribution in [-0.2, 0) is 16.4 Å². The molecular formula is C17H25N3O3S. The van der Waals surface area contributed by atoms with Crippen LogP contribution >= 0.6 is 0 Å². The Balaban J connectivity index is 1.67. The standard InChI is InChI=1S/C17H25N3O3S/c18-12-16-5-2-6-20(16)17(21)15-4-1-3-14(11-15)13-19-7-9-24(22,23)10-8-19/h1,3-4,11,16H,2,5-10,12-13,18H2. The highest BCUT2D eigenvalue weighted by Gasteiger charge is 2.28. The minimum Gasteiger partial charge on any atom is -0.334 e. The highest BCUT2D eigenvalue weighted by Crippen LogP contribution is 2.20. The van der Waals surface area contributed by atoms with E-state index in [1.165, 1.54) is 0 Å². The summed E-state index contributed by atoms with van der Waals surface area (Å²) in [7, 11) is -2.86. The molecule has 2 aliphatic heterocycles. The predicted octanol–water partition coefficient (Wildman–Crippen LogP) is 0.480. The van der Waals surface area contributed by atoms with Crippen LogP contribution in [0.2, 0.25) is 0 Å². The average Bonchev–Trinajstić information content (AvgIpc) is 3.05. The van der Waals surface area contributed by atoms with E-state index in [4.69, 9.17) is 5.73 Å². The third kappa shape index (κ3) is 3.96. The summed E-state index contributed by atoms with van der Waals surface area (Å²) in [5.41, 5.74) is 7.50. The van der Waals surface area contributed by atoms with Crippen molar-refractivity contribution < 1.29 is 13.2 Å². The molecule has 0 saturated carbocycles. The number of carbonyl (C=O) groups is 1. The fourth-order valence-corrected chi connectivity index (χ4v) is 4.76. The van der Waals surface area contributed by atoms with Crippen LogP contribution in [0.5, 0.6) is 0 Å². The van der Waals surface area contributed by atoms with Crippen molar-refractivity contribution in [1.82, 2.24) is 9.80 Å². The van der Waals surface area contributed by atoms with Crippen molar-refractivity contribution in [1.29, 1.82) is 0 Å². The van der Waals surface area contributed by atoms with Crippen LogP contribution in [0.25, 0.3) is 0 Å². The number of sulfone groups is 1. The van der Waals surface area contributed by atoms with E-state index in [1.54, 1.807) is 0 Å². The Morgan fingerprint density at radius 3 is 2.67 bits per heavy atom. The Hall–Kier alpha value is -1.44. The molecule has 2 heterocycles. The quantitative estimate of drug-likeness (QED) is 0.853. The fourth-order valence-electron chi connectivity index (χ4n) is 3.48. The molecule has 1 atom stereocenters. The number of nitrogens with two attached hydrogens (primary N) is 1. The lowest BCUT2D eigenvalue weighted by molar-refractivity contribution is 0.0741. The molecule has 3 rings (SSSR count). The Kier molecular flexibility index (Phi) is 5.22. The number of likely N-dealkylation sites (tertiary alicyclic amines) is 1. The SMILES string of the molecule is NCC1CCCN1C(=O)c1cccc(CN2CCS(=O)(=O)CC2)c1. The summed E-state index contributed by atoms with van der Waals surface area (Å²) in [4.78, 5) is 16.7. The molecule has 6 nitrogen and oxygen atoms in total. The third-order valence-corrected chi connectivity index (χ3v) is 6.54. The predicted molar refractivity (Wildman–Crippen MR) is 93.5 cm³/mol. The van der Waals surface area contributed by atoms with Crippen LogP contribution in [0.1, 0.15) is 28.8 Å². The van der Waals surface area contributed by atoms with Crippen molar-refractivity contribution in [3.8, 4) is 0 Å². The summed E-state index contributed by atoms with van der Waals surface area (Å²) in [6, 6.07) is 7.81. The van der Waals surface area contributed by atoms with Gasteiger partial charge in [-0.2, -0.15) is 0 Å². The van der Waals surface area contributed by atoms with E-state index < -0.39 is 9.84 Å². The molecule has 132 valence electrons. The maximum absolute atomic E-state index is 12.7. The van der Waals surface area contributed by atoms with Gasteiger partial charge in [0.25, 0.3) is 5.91 Å². The van der Waals surface area contributed by atoms with Crippen LogP contribution in [0.4, 0.5) is 0 Å². The fraction of sp³-hybridized carbons (Fsp3) is 0.588. The van der Waals surface area contributed by atoms with Crippen LogP contribution in [0, 0.1) is 0 Å². The van der Waals surface area contributed by atoms with Gasteiger partial charge in [0.05, 0.1) is 11.5 Å². The first-order valence-corrected chi connectivity index (χ1v) is 10.3. The van der Waals surface area contributed by atoms with Crippen LogP contribution in [-0.4, -0.2) is 67.9 Å². The van der Waals surface area contributed by atoms with E-state index >= 15 is 0 Å². The molecule has 0 aromatic heterocycles. The maximum Gasteiger partial charge on any atom is 0.254 e. The summed E-state index contributed by atoms with van der Waals surface area (Å²) in [6.07, 6.45) is 1.99. The van der Waals surface area contributed by atoms with Crippen LogP contribution < -0.4 is 5.73 Å². The van der Waals surface area contributed by atoms with Gasteiger partial charge in [-0.1, -0.05) is 12.1 Å². The number of benzene rings is 1. The molecule has 24 heavy (non-hydrogen) atoms. The molecular weight excluding hydrogens is 326 g/mol. The zero-order valence-electron chi connectivity index (χ0n) is 13.9. The zero-order chi connectivity index (χ0) is 17.2. The summed E-state index contributed by atoms with van der Waals surface area (Å²) in [6.45, 7) is 3.07. The van der Waals surface area contributed by atoms with Crippen molar-refractivity contribution in [2.45, 2.75) is 25.4 Å². The van der Waals surface area contributed by atoms with Crippen molar-refractivity contribution in [3.05, 3.63) is 35.4 Å². The van der Waals surface area contributed by atoms with E-state index in [9.17, 15) is 13.2 Å². The molecule has 1 aromatic rings. The number of carbonyl (C=O) groups excluding carboxylic acids is 1. The second kappa shape index (κ2) is 7.21. The first kappa shape index (κ1) is 17.4. The molecule has 0 spiro atoms. The van der Waals surface area contributed by atoms with E-state index in [-0.39, 0.29) is 23.5 Å². The Bertz CT molecular complexity index is 691. The minimum atomic E-state index is -2.86. The van der Waals surface area contributed by atoms with E-state index in [2.05, 4.69) is 4.90 Å². The second-order valence-electron chi connectivity index (χ2n) is 6.66. The zero-order valence-corrected chi connectivity index (χ0v) is 14.7.